The maximum Gasteiger partial charge on any atom is 0.325 e. The van der Waals surface area contributed by atoms with Gasteiger partial charge in [0.25, 0.3) is 0 Å². The quantitative estimate of drug-likeness (QED) is 0.902. The summed E-state index contributed by atoms with van der Waals surface area (Å²) in [5, 5.41) is 13.3. The van der Waals surface area contributed by atoms with Crippen molar-refractivity contribution in [3.05, 3.63) is 30.4 Å². The van der Waals surface area contributed by atoms with Crippen molar-refractivity contribution in [1.82, 2.24) is 19.7 Å². The normalized spacial score (nSPS) is 15.2. The molecule has 0 unspecified atom stereocenters. The third-order valence-electron chi connectivity index (χ3n) is 3.39. The Hall–Kier alpha value is -2.24. The highest BCUT2D eigenvalue weighted by Gasteiger charge is 2.26. The molecule has 0 aromatic carbocycles. The van der Waals surface area contributed by atoms with Crippen molar-refractivity contribution in [3.63, 3.8) is 0 Å². The zero-order chi connectivity index (χ0) is 13.2. The summed E-state index contributed by atoms with van der Waals surface area (Å²) in [6, 6.07) is 3.65. The number of nitrogens with zero attached hydrogens (tertiary/aromatic N) is 4. The molecule has 0 radical (unpaired) electrons. The highest BCUT2D eigenvalue weighted by molar-refractivity contribution is 5.66. The minimum Gasteiger partial charge on any atom is -0.480 e. The molecule has 1 aliphatic carbocycles. The summed E-state index contributed by atoms with van der Waals surface area (Å²) in [4.78, 5) is 19.4. The summed E-state index contributed by atoms with van der Waals surface area (Å²) in [5.74, 6) is 0.820. The maximum absolute atomic E-state index is 10.9. The van der Waals surface area contributed by atoms with Gasteiger partial charge in [0, 0.05) is 23.9 Å². The minimum absolute atomic E-state index is 0.135. The van der Waals surface area contributed by atoms with E-state index in [1.807, 2.05) is 12.1 Å². The fraction of sp³-hybridized carbons (Fsp3) is 0.385. The fourth-order valence-corrected chi connectivity index (χ4v) is 2.19. The summed E-state index contributed by atoms with van der Waals surface area (Å²) < 4.78 is 1.52. The zero-order valence-corrected chi connectivity index (χ0v) is 10.4. The molecule has 1 aliphatic rings. The van der Waals surface area contributed by atoms with Crippen LogP contribution in [-0.2, 0) is 11.3 Å². The van der Waals surface area contributed by atoms with E-state index in [1.54, 1.807) is 12.4 Å². The molecule has 19 heavy (non-hydrogen) atoms. The lowest BCUT2D eigenvalue weighted by molar-refractivity contribution is -0.138. The van der Waals surface area contributed by atoms with Crippen LogP contribution in [0.2, 0.25) is 0 Å². The van der Waals surface area contributed by atoms with E-state index in [0.29, 0.717) is 11.7 Å². The second kappa shape index (κ2) is 4.79. The maximum atomic E-state index is 10.9. The number of pyridine rings is 1. The number of hydrogen-bond donors (Lipinski definition) is 1. The van der Waals surface area contributed by atoms with Crippen molar-refractivity contribution in [2.45, 2.75) is 31.7 Å². The summed E-state index contributed by atoms with van der Waals surface area (Å²) >= 11 is 0. The first-order valence-corrected chi connectivity index (χ1v) is 6.31. The lowest BCUT2D eigenvalue weighted by Crippen LogP contribution is -2.19. The molecule has 1 N–H and O–H groups in total. The van der Waals surface area contributed by atoms with Gasteiger partial charge < -0.3 is 5.11 Å². The monoisotopic (exact) mass is 258 g/mol. The van der Waals surface area contributed by atoms with Gasteiger partial charge in [-0.15, -0.1) is 0 Å². The van der Waals surface area contributed by atoms with Gasteiger partial charge in [0.2, 0.25) is 0 Å². The number of aliphatic carboxylic acids is 1. The lowest BCUT2D eigenvalue weighted by atomic mass is 9.85. The number of carboxylic acid groups (broad SMARTS) is 1. The van der Waals surface area contributed by atoms with Crippen LogP contribution in [0, 0.1) is 0 Å². The van der Waals surface area contributed by atoms with Crippen molar-refractivity contribution in [2.75, 3.05) is 0 Å². The first-order valence-electron chi connectivity index (χ1n) is 6.31. The number of rotatable bonds is 4. The van der Waals surface area contributed by atoms with Crippen molar-refractivity contribution < 1.29 is 9.90 Å². The van der Waals surface area contributed by atoms with Gasteiger partial charge in [-0.3, -0.25) is 9.78 Å². The van der Waals surface area contributed by atoms with Crippen molar-refractivity contribution in [1.29, 1.82) is 0 Å². The first kappa shape index (κ1) is 11.8. The molecule has 2 aromatic rings. The van der Waals surface area contributed by atoms with E-state index < -0.39 is 5.97 Å². The molecule has 0 aliphatic heterocycles. The van der Waals surface area contributed by atoms with E-state index in [2.05, 4.69) is 15.1 Å². The predicted molar refractivity (Wildman–Crippen MR) is 67.5 cm³/mol. The third kappa shape index (κ3) is 2.33. The fourth-order valence-electron chi connectivity index (χ4n) is 2.19. The molecule has 6 heteroatoms. The Morgan fingerprint density at radius 3 is 2.68 bits per heavy atom. The van der Waals surface area contributed by atoms with Gasteiger partial charge in [0.1, 0.15) is 12.4 Å². The van der Waals surface area contributed by atoms with Crippen LogP contribution in [0.15, 0.2) is 24.5 Å². The van der Waals surface area contributed by atoms with Gasteiger partial charge in [0.15, 0.2) is 5.82 Å². The molecule has 2 heterocycles. The average molecular weight is 258 g/mol. The van der Waals surface area contributed by atoms with Gasteiger partial charge in [-0.25, -0.2) is 9.67 Å². The average Bonchev–Trinajstić information content (AvgIpc) is 2.71. The molecule has 6 nitrogen and oxygen atoms in total. The third-order valence-corrected chi connectivity index (χ3v) is 3.39. The smallest absolute Gasteiger partial charge is 0.325 e. The molecule has 1 saturated carbocycles. The molecule has 1 fully saturated rings. The van der Waals surface area contributed by atoms with Gasteiger partial charge >= 0.3 is 5.97 Å². The lowest BCUT2D eigenvalue weighted by Gasteiger charge is -2.24. The van der Waals surface area contributed by atoms with Crippen LogP contribution in [0.1, 0.15) is 31.0 Å². The van der Waals surface area contributed by atoms with Crippen LogP contribution in [0.25, 0.3) is 11.4 Å². The molecule has 0 saturated heterocycles. The van der Waals surface area contributed by atoms with Crippen LogP contribution < -0.4 is 0 Å². The van der Waals surface area contributed by atoms with Crippen LogP contribution in [0.5, 0.6) is 0 Å². The van der Waals surface area contributed by atoms with Crippen molar-refractivity contribution in [2.24, 2.45) is 0 Å². The number of hydrogen-bond acceptors (Lipinski definition) is 4. The Morgan fingerprint density at radius 2 is 2.11 bits per heavy atom. The Bertz CT molecular complexity index is 590. The van der Waals surface area contributed by atoms with Crippen LogP contribution in [0.3, 0.4) is 0 Å². The van der Waals surface area contributed by atoms with E-state index >= 15 is 0 Å². The molecule has 3 rings (SSSR count). The summed E-state index contributed by atoms with van der Waals surface area (Å²) in [6.45, 7) is -0.135. The molecule has 98 valence electrons. The number of aromatic nitrogens is 4. The molecular weight excluding hydrogens is 244 g/mol. The van der Waals surface area contributed by atoms with Crippen LogP contribution in [0.4, 0.5) is 0 Å². The first-order chi connectivity index (χ1) is 9.24. The molecule has 0 amide bonds. The van der Waals surface area contributed by atoms with E-state index in [9.17, 15) is 4.79 Å². The molecule has 0 atom stereocenters. The standard InChI is InChI=1S/C13H14N4O2/c18-11(19)8-17-13(10-2-1-3-10)15-12(16-17)9-4-6-14-7-5-9/h4-7,10H,1-3,8H2,(H,18,19). The highest BCUT2D eigenvalue weighted by atomic mass is 16.4. The molecular formula is C13H14N4O2. The molecule has 2 aromatic heterocycles. The van der Waals surface area contributed by atoms with Crippen LogP contribution >= 0.6 is 0 Å². The van der Waals surface area contributed by atoms with E-state index in [0.717, 1.165) is 24.2 Å². The number of carboxylic acids is 1. The van der Waals surface area contributed by atoms with E-state index in [-0.39, 0.29) is 6.54 Å². The topological polar surface area (TPSA) is 80.9 Å². The molecule has 0 spiro atoms. The summed E-state index contributed by atoms with van der Waals surface area (Å²) in [6.07, 6.45) is 6.66. The second-order valence-corrected chi connectivity index (χ2v) is 4.71. The SMILES string of the molecule is O=C(O)Cn1nc(-c2ccncc2)nc1C1CCC1. The predicted octanol–water partition coefficient (Wildman–Crippen LogP) is 1.69. The summed E-state index contributed by atoms with van der Waals surface area (Å²) in [7, 11) is 0. The van der Waals surface area contributed by atoms with E-state index in [4.69, 9.17) is 5.11 Å². The van der Waals surface area contributed by atoms with Crippen molar-refractivity contribution >= 4 is 5.97 Å². The van der Waals surface area contributed by atoms with Gasteiger partial charge in [-0.1, -0.05) is 6.42 Å². The van der Waals surface area contributed by atoms with Gasteiger partial charge in [-0.2, -0.15) is 5.10 Å². The highest BCUT2D eigenvalue weighted by Crippen LogP contribution is 2.36. The van der Waals surface area contributed by atoms with Crippen LogP contribution in [-0.4, -0.2) is 30.8 Å². The Labute approximate surface area is 110 Å². The minimum atomic E-state index is -0.897. The van der Waals surface area contributed by atoms with Gasteiger partial charge in [-0.05, 0) is 25.0 Å². The molecule has 0 bridgehead atoms. The number of carbonyl (C=O) groups is 1. The summed E-state index contributed by atoms with van der Waals surface area (Å²) in [5.41, 5.74) is 0.861. The Morgan fingerprint density at radius 1 is 1.37 bits per heavy atom. The Balaban J connectivity index is 1.98. The van der Waals surface area contributed by atoms with E-state index in [1.165, 1.54) is 11.1 Å². The Kier molecular flexibility index (Phi) is 2.98. The van der Waals surface area contributed by atoms with Gasteiger partial charge in [0.05, 0.1) is 0 Å². The second-order valence-electron chi connectivity index (χ2n) is 4.71. The largest absolute Gasteiger partial charge is 0.480 e. The zero-order valence-electron chi connectivity index (χ0n) is 10.4. The van der Waals surface area contributed by atoms with Crippen molar-refractivity contribution in [3.8, 4) is 11.4 Å².